The van der Waals surface area contributed by atoms with E-state index in [-0.39, 0.29) is 29.8 Å². The minimum absolute atomic E-state index is 0. The second-order valence-electron chi connectivity index (χ2n) is 5.58. The zero-order valence-electron chi connectivity index (χ0n) is 13.4. The van der Waals surface area contributed by atoms with E-state index in [1.807, 2.05) is 24.5 Å². The van der Waals surface area contributed by atoms with E-state index in [0.29, 0.717) is 24.1 Å². The zero-order valence-corrected chi connectivity index (χ0v) is 15.0. The van der Waals surface area contributed by atoms with Gasteiger partial charge in [-0.15, -0.1) is 12.4 Å². The van der Waals surface area contributed by atoms with Gasteiger partial charge in [-0.3, -0.25) is 4.79 Å². The van der Waals surface area contributed by atoms with Gasteiger partial charge in [0.1, 0.15) is 5.82 Å². The maximum Gasteiger partial charge on any atom is 0.255 e. The summed E-state index contributed by atoms with van der Waals surface area (Å²) < 4.78 is 14.5. The van der Waals surface area contributed by atoms with Crippen molar-refractivity contribution in [2.24, 2.45) is 0 Å². The van der Waals surface area contributed by atoms with Crippen LogP contribution in [0.25, 0.3) is 0 Å². The number of nitrogens with one attached hydrogen (secondary N) is 2. The molecule has 1 aliphatic heterocycles. The Hall–Kier alpha value is -1.56. The largest absolute Gasteiger partial charge is 0.319 e. The van der Waals surface area contributed by atoms with Crippen LogP contribution in [-0.4, -0.2) is 18.7 Å². The van der Waals surface area contributed by atoms with Gasteiger partial charge in [-0.25, -0.2) is 4.39 Å². The molecule has 1 amide bonds. The van der Waals surface area contributed by atoms with E-state index < -0.39 is 0 Å². The third kappa shape index (κ3) is 4.09. The fourth-order valence-corrected chi connectivity index (χ4v) is 3.27. The third-order valence-electron chi connectivity index (χ3n) is 3.98. The fraction of sp³-hybridized carbons (Fsp3) is 0.278. The van der Waals surface area contributed by atoms with Crippen LogP contribution in [0.2, 0.25) is 0 Å². The Morgan fingerprint density at radius 1 is 1.25 bits per heavy atom. The number of rotatable bonds is 4. The number of hydrogen-bond acceptors (Lipinski definition) is 3. The van der Waals surface area contributed by atoms with E-state index in [1.165, 1.54) is 5.56 Å². The van der Waals surface area contributed by atoms with Crippen molar-refractivity contribution in [3.8, 4) is 0 Å². The Kier molecular flexibility index (Phi) is 6.66. The summed E-state index contributed by atoms with van der Waals surface area (Å²) in [6, 6.07) is 10.9. The maximum absolute atomic E-state index is 14.5. The average Bonchev–Trinajstić information content (AvgIpc) is 2.58. The lowest BCUT2D eigenvalue weighted by atomic mass is 9.99. The monoisotopic (exact) mass is 366 g/mol. The molecule has 3 nitrogen and oxygen atoms in total. The highest BCUT2D eigenvalue weighted by atomic mass is 35.5. The molecule has 3 rings (SSSR count). The predicted octanol–water partition coefficient (Wildman–Crippen LogP) is 4.01. The molecule has 0 saturated heterocycles. The summed E-state index contributed by atoms with van der Waals surface area (Å²) in [4.78, 5) is 12.3. The summed E-state index contributed by atoms with van der Waals surface area (Å²) in [5.74, 6) is 0.319. The molecule has 0 unspecified atom stereocenters. The van der Waals surface area contributed by atoms with Crippen LogP contribution in [0.15, 0.2) is 36.4 Å². The predicted molar refractivity (Wildman–Crippen MR) is 101 cm³/mol. The topological polar surface area (TPSA) is 41.1 Å². The first-order valence-corrected chi connectivity index (χ1v) is 8.98. The molecule has 1 heterocycles. The second-order valence-corrected chi connectivity index (χ2v) is 6.44. The highest BCUT2D eigenvalue weighted by molar-refractivity contribution is 7.97. The Balaban J connectivity index is 0.00000208. The summed E-state index contributed by atoms with van der Waals surface area (Å²) in [7, 11) is 0. The van der Waals surface area contributed by atoms with E-state index in [4.69, 9.17) is 0 Å². The van der Waals surface area contributed by atoms with Crippen LogP contribution in [0.1, 0.15) is 27.0 Å². The fourth-order valence-electron chi connectivity index (χ4n) is 2.74. The van der Waals surface area contributed by atoms with Crippen LogP contribution in [0.3, 0.4) is 0 Å². The molecule has 2 aromatic rings. The summed E-state index contributed by atoms with van der Waals surface area (Å²) in [6.45, 7) is 1.44. The highest BCUT2D eigenvalue weighted by Crippen LogP contribution is 2.25. The number of thioether (sulfide) groups is 1. The van der Waals surface area contributed by atoms with Crippen molar-refractivity contribution >= 4 is 35.8 Å². The van der Waals surface area contributed by atoms with Crippen LogP contribution in [0.5, 0.6) is 0 Å². The van der Waals surface area contributed by atoms with Crippen LogP contribution in [0, 0.1) is 5.82 Å². The Bertz CT molecular complexity index is 722. The molecule has 6 heteroatoms. The highest BCUT2D eigenvalue weighted by Gasteiger charge is 2.17. The van der Waals surface area contributed by atoms with Crippen molar-refractivity contribution < 1.29 is 9.18 Å². The maximum atomic E-state index is 14.5. The smallest absolute Gasteiger partial charge is 0.255 e. The van der Waals surface area contributed by atoms with Crippen LogP contribution in [-0.2, 0) is 18.7 Å². The lowest BCUT2D eigenvalue weighted by Crippen LogP contribution is -2.25. The molecule has 0 aliphatic carbocycles. The molecule has 24 heavy (non-hydrogen) atoms. The molecule has 0 bridgehead atoms. The molecular weight excluding hydrogens is 347 g/mol. The molecule has 0 radical (unpaired) electrons. The number of carbonyl (C=O) groups excluding carboxylic acids is 1. The molecule has 0 atom stereocenters. The Morgan fingerprint density at radius 3 is 2.71 bits per heavy atom. The summed E-state index contributed by atoms with van der Waals surface area (Å²) in [6.07, 6.45) is 2.68. The number of halogens is 2. The first-order chi connectivity index (χ1) is 11.2. The van der Waals surface area contributed by atoms with Crippen molar-refractivity contribution in [2.45, 2.75) is 18.7 Å². The standard InChI is InChI=1S/C18H19FN2OS.ClH/c1-23-11-12-2-4-13(5-3-12)18(22)21-16-7-6-14-10-20-9-8-15(14)17(16)19;/h2-7,20H,8-11H2,1H3,(H,21,22);1H. The molecular formula is C18H20ClFN2OS. The number of anilines is 1. The summed E-state index contributed by atoms with van der Waals surface area (Å²) in [5, 5.41) is 5.90. The number of benzene rings is 2. The lowest BCUT2D eigenvalue weighted by molar-refractivity contribution is 0.102. The quantitative estimate of drug-likeness (QED) is 0.859. The lowest BCUT2D eigenvalue weighted by Gasteiger charge is -2.19. The Labute approximate surface area is 151 Å². The summed E-state index contributed by atoms with van der Waals surface area (Å²) >= 11 is 1.73. The zero-order chi connectivity index (χ0) is 16.2. The van der Waals surface area contributed by atoms with Gasteiger partial charge in [-0.2, -0.15) is 11.8 Å². The van der Waals surface area contributed by atoms with Gasteiger partial charge in [0.05, 0.1) is 5.69 Å². The van der Waals surface area contributed by atoms with Gasteiger partial charge in [0.2, 0.25) is 0 Å². The van der Waals surface area contributed by atoms with Gasteiger partial charge in [-0.05, 0) is 54.1 Å². The van der Waals surface area contributed by atoms with Crippen molar-refractivity contribution in [3.63, 3.8) is 0 Å². The molecule has 1 aliphatic rings. The van der Waals surface area contributed by atoms with Gasteiger partial charge in [0.15, 0.2) is 0 Å². The minimum atomic E-state index is -0.309. The molecule has 128 valence electrons. The van der Waals surface area contributed by atoms with E-state index in [2.05, 4.69) is 10.6 Å². The molecule has 2 aromatic carbocycles. The van der Waals surface area contributed by atoms with Crippen LogP contribution >= 0.6 is 24.2 Å². The Morgan fingerprint density at radius 2 is 2.00 bits per heavy atom. The van der Waals surface area contributed by atoms with Crippen molar-refractivity contribution in [3.05, 3.63) is 64.5 Å². The van der Waals surface area contributed by atoms with Gasteiger partial charge >= 0.3 is 0 Å². The molecule has 0 aromatic heterocycles. The van der Waals surface area contributed by atoms with Crippen molar-refractivity contribution in [1.29, 1.82) is 0 Å². The molecule has 0 saturated carbocycles. The third-order valence-corrected chi connectivity index (χ3v) is 4.60. The van der Waals surface area contributed by atoms with E-state index in [0.717, 1.165) is 17.9 Å². The molecule has 0 spiro atoms. The second kappa shape index (κ2) is 8.51. The number of carbonyl (C=O) groups is 1. The SMILES string of the molecule is CSCc1ccc(C(=O)Nc2ccc3c(c2F)CCNC3)cc1.Cl. The van der Waals surface area contributed by atoms with Gasteiger partial charge in [-0.1, -0.05) is 18.2 Å². The van der Waals surface area contributed by atoms with Gasteiger partial charge in [0.25, 0.3) is 5.91 Å². The van der Waals surface area contributed by atoms with Crippen molar-refractivity contribution in [2.75, 3.05) is 18.1 Å². The number of fused-ring (bicyclic) bond motifs is 1. The van der Waals surface area contributed by atoms with Crippen LogP contribution < -0.4 is 10.6 Å². The minimum Gasteiger partial charge on any atom is -0.319 e. The van der Waals surface area contributed by atoms with Crippen LogP contribution in [0.4, 0.5) is 10.1 Å². The number of hydrogen-bond donors (Lipinski definition) is 2. The normalized spacial score (nSPS) is 12.9. The van der Waals surface area contributed by atoms with E-state index in [9.17, 15) is 9.18 Å². The van der Waals surface area contributed by atoms with E-state index >= 15 is 0 Å². The average molecular weight is 367 g/mol. The first kappa shape index (κ1) is 18.8. The van der Waals surface area contributed by atoms with Gasteiger partial charge in [0, 0.05) is 17.9 Å². The summed E-state index contributed by atoms with van der Waals surface area (Å²) in [5.41, 5.74) is 3.63. The van der Waals surface area contributed by atoms with Crippen molar-refractivity contribution in [1.82, 2.24) is 5.32 Å². The molecule has 0 fully saturated rings. The first-order valence-electron chi connectivity index (χ1n) is 7.59. The number of amides is 1. The van der Waals surface area contributed by atoms with E-state index in [1.54, 1.807) is 30.0 Å². The van der Waals surface area contributed by atoms with Gasteiger partial charge < -0.3 is 10.6 Å². The molecule has 2 N–H and O–H groups in total.